The summed E-state index contributed by atoms with van der Waals surface area (Å²) in [5.74, 6) is 3.88. The van der Waals surface area contributed by atoms with Gasteiger partial charge in [0.05, 0.1) is 58.3 Å². The van der Waals surface area contributed by atoms with Gasteiger partial charge in [-0.05, 0) is 169 Å². The second kappa shape index (κ2) is 17.7. The molecule has 8 aromatic carbocycles. The van der Waals surface area contributed by atoms with Gasteiger partial charge in [0.2, 0.25) is 0 Å². The van der Waals surface area contributed by atoms with Crippen molar-refractivity contribution in [3.05, 3.63) is 210 Å². The highest BCUT2D eigenvalue weighted by molar-refractivity contribution is 5.94. The molecule has 1 spiro atoms. The molecule has 2 aliphatic rings. The van der Waals surface area contributed by atoms with E-state index < -0.39 is 5.54 Å². The number of hydrogen-bond acceptors (Lipinski definition) is 9. The first-order chi connectivity index (χ1) is 34.6. The summed E-state index contributed by atoms with van der Waals surface area (Å²) >= 11 is 0. The van der Waals surface area contributed by atoms with Crippen molar-refractivity contribution in [2.24, 2.45) is 0 Å². The van der Waals surface area contributed by atoms with Crippen LogP contribution in [0.25, 0.3) is 11.3 Å². The van der Waals surface area contributed by atoms with Gasteiger partial charge in [0.25, 0.3) is 0 Å². The van der Waals surface area contributed by atoms with Crippen molar-refractivity contribution in [1.29, 1.82) is 0 Å². The number of anilines is 9. The summed E-state index contributed by atoms with van der Waals surface area (Å²) in [6.07, 6.45) is 0. The van der Waals surface area contributed by atoms with Crippen molar-refractivity contribution in [3.63, 3.8) is 0 Å². The first-order valence-corrected chi connectivity index (χ1v) is 23.7. The molecular weight excluding hydrogens is 883 g/mol. The number of rotatable bonds is 12. The quantitative estimate of drug-likeness (QED) is 0.119. The molecule has 10 nitrogen and oxygen atoms in total. The molecule has 11 rings (SSSR count). The fourth-order valence-electron chi connectivity index (χ4n) is 10.2. The Balaban J connectivity index is 1.25. The third-order valence-electron chi connectivity index (χ3n) is 13.8. The van der Waals surface area contributed by atoms with Crippen molar-refractivity contribution < 1.29 is 23.7 Å². The Morgan fingerprint density at radius 2 is 0.775 bits per heavy atom. The fourth-order valence-corrected chi connectivity index (χ4v) is 10.2. The van der Waals surface area contributed by atoms with Gasteiger partial charge in [-0.2, -0.15) is 5.10 Å². The SMILES string of the molecule is COc1ccc(N(c2ccc(OC)cc2)c2ccc3c(c2)C2(c4ccccc4-c4cc(C(C)(C)C)nn42)c2cc(N(c4ccc(OC)cc4)c4ccc(OC)cc4)ccc2N3c2ccc(OC)cc2)cc1. The highest BCUT2D eigenvalue weighted by Gasteiger charge is 2.54. The lowest BCUT2D eigenvalue weighted by atomic mass is 9.73. The highest BCUT2D eigenvalue weighted by Crippen LogP contribution is 2.62. The third kappa shape index (κ3) is 7.45. The molecule has 0 amide bonds. The molecule has 0 fully saturated rings. The summed E-state index contributed by atoms with van der Waals surface area (Å²) in [6.45, 7) is 6.70. The van der Waals surface area contributed by atoms with Gasteiger partial charge < -0.3 is 38.4 Å². The van der Waals surface area contributed by atoms with E-state index in [1.807, 2.05) is 60.7 Å². The Morgan fingerprint density at radius 3 is 1.15 bits per heavy atom. The van der Waals surface area contributed by atoms with Gasteiger partial charge in [0, 0.05) is 61.9 Å². The standard InChI is InChI=1S/C61H55N5O5/c1-60(2,3)59-39-58-52-11-9-10-12-53(52)61(66(58)62-59)54-37-45(63(40-13-25-47(67-4)26-14-40)41-15-27-48(68-5)28-16-41)23-35-56(54)65(44-21-33-51(71-8)34-22-44)57-36-24-46(38-55(57)61)64(42-17-29-49(69-6)30-18-42)43-19-31-50(70-7)32-20-43/h9-39H,1-8H3. The predicted octanol–water partition coefficient (Wildman–Crippen LogP) is 14.8. The number of fused-ring (bicyclic) bond motifs is 9. The van der Waals surface area contributed by atoms with E-state index in [0.717, 1.165) is 114 Å². The molecule has 1 aromatic heterocycles. The molecular formula is C61H55N5O5. The van der Waals surface area contributed by atoms with Gasteiger partial charge in [-0.15, -0.1) is 0 Å². The summed E-state index contributed by atoms with van der Waals surface area (Å²) < 4.78 is 30.6. The number of nitrogens with zero attached hydrogens (tertiary/aromatic N) is 5. The van der Waals surface area contributed by atoms with Crippen molar-refractivity contribution in [2.45, 2.75) is 31.7 Å². The predicted molar refractivity (Wildman–Crippen MR) is 285 cm³/mol. The average molecular weight is 938 g/mol. The minimum Gasteiger partial charge on any atom is -0.497 e. The smallest absolute Gasteiger partial charge is 0.143 e. The van der Waals surface area contributed by atoms with Crippen LogP contribution in [0.4, 0.5) is 51.2 Å². The molecule has 0 bridgehead atoms. The van der Waals surface area contributed by atoms with Crippen molar-refractivity contribution >= 4 is 51.2 Å². The maximum atomic E-state index is 5.73. The van der Waals surface area contributed by atoms with E-state index in [4.69, 9.17) is 28.8 Å². The van der Waals surface area contributed by atoms with Gasteiger partial charge in [-0.3, -0.25) is 0 Å². The lowest BCUT2D eigenvalue weighted by Gasteiger charge is -2.45. The van der Waals surface area contributed by atoms with Crippen LogP contribution in [0, 0.1) is 0 Å². The molecule has 0 saturated heterocycles. The Labute approximate surface area is 415 Å². The number of ether oxygens (including phenoxy) is 5. The van der Waals surface area contributed by atoms with Crippen LogP contribution < -0.4 is 38.4 Å². The topological polar surface area (TPSA) is 73.7 Å². The van der Waals surface area contributed by atoms with Gasteiger partial charge >= 0.3 is 0 Å². The zero-order valence-corrected chi connectivity index (χ0v) is 41.2. The monoisotopic (exact) mass is 937 g/mol. The first kappa shape index (κ1) is 44.9. The maximum absolute atomic E-state index is 5.73. The molecule has 0 atom stereocenters. The Hall–Kier alpha value is -8.63. The van der Waals surface area contributed by atoms with E-state index in [0.29, 0.717) is 0 Å². The lowest BCUT2D eigenvalue weighted by Crippen LogP contribution is -2.41. The minimum absolute atomic E-state index is 0.244. The summed E-state index contributed by atoms with van der Waals surface area (Å²) in [5.41, 5.74) is 14.0. The van der Waals surface area contributed by atoms with E-state index in [9.17, 15) is 0 Å². The van der Waals surface area contributed by atoms with Gasteiger partial charge in [-0.25, -0.2) is 4.68 Å². The van der Waals surface area contributed by atoms with E-state index in [2.05, 4.69) is 168 Å². The molecule has 354 valence electrons. The molecule has 0 unspecified atom stereocenters. The van der Waals surface area contributed by atoms with Crippen molar-refractivity contribution in [3.8, 4) is 40.0 Å². The number of aromatic nitrogens is 2. The average Bonchev–Trinajstić information content (AvgIpc) is 3.98. The summed E-state index contributed by atoms with van der Waals surface area (Å²) in [6, 6.07) is 66.0. The van der Waals surface area contributed by atoms with Crippen LogP contribution in [0.2, 0.25) is 0 Å². The molecule has 71 heavy (non-hydrogen) atoms. The van der Waals surface area contributed by atoms with Crippen LogP contribution in [0.5, 0.6) is 28.7 Å². The fraction of sp³-hybridized carbons (Fsp3) is 0.164. The summed E-state index contributed by atoms with van der Waals surface area (Å²) in [4.78, 5) is 6.96. The van der Waals surface area contributed by atoms with Gasteiger partial charge in [-0.1, -0.05) is 45.0 Å². The molecule has 3 heterocycles. The normalized spacial score (nSPS) is 12.9. The zero-order chi connectivity index (χ0) is 49.0. The van der Waals surface area contributed by atoms with Crippen LogP contribution in [0.1, 0.15) is 43.2 Å². The molecule has 10 heteroatoms. The van der Waals surface area contributed by atoms with Gasteiger partial charge in [0.15, 0.2) is 0 Å². The van der Waals surface area contributed by atoms with E-state index in [-0.39, 0.29) is 5.41 Å². The van der Waals surface area contributed by atoms with Crippen LogP contribution in [0.3, 0.4) is 0 Å². The molecule has 0 radical (unpaired) electrons. The minimum atomic E-state index is -0.980. The number of hydrogen-bond donors (Lipinski definition) is 0. The zero-order valence-electron chi connectivity index (χ0n) is 41.2. The molecule has 0 aliphatic carbocycles. The maximum Gasteiger partial charge on any atom is 0.143 e. The van der Waals surface area contributed by atoms with Crippen molar-refractivity contribution in [2.75, 3.05) is 50.2 Å². The highest BCUT2D eigenvalue weighted by atomic mass is 16.5. The van der Waals surface area contributed by atoms with Crippen LogP contribution in [0.15, 0.2) is 188 Å². The van der Waals surface area contributed by atoms with E-state index in [1.165, 1.54) is 0 Å². The lowest BCUT2D eigenvalue weighted by molar-refractivity contribution is 0.414. The Morgan fingerprint density at radius 1 is 0.408 bits per heavy atom. The summed E-state index contributed by atoms with van der Waals surface area (Å²) in [7, 11) is 8.47. The Kier molecular flexibility index (Phi) is 11.2. The molecule has 2 aliphatic heterocycles. The molecule has 9 aromatic rings. The Bertz CT molecular complexity index is 3130. The molecule has 0 saturated carbocycles. The summed E-state index contributed by atoms with van der Waals surface area (Å²) in [5, 5.41) is 5.73. The third-order valence-corrected chi connectivity index (χ3v) is 13.8. The first-order valence-electron chi connectivity index (χ1n) is 23.7. The van der Waals surface area contributed by atoms with E-state index >= 15 is 0 Å². The van der Waals surface area contributed by atoms with E-state index in [1.54, 1.807) is 35.5 Å². The van der Waals surface area contributed by atoms with Crippen LogP contribution >= 0.6 is 0 Å². The number of methoxy groups -OCH3 is 5. The van der Waals surface area contributed by atoms with Gasteiger partial charge in [0.1, 0.15) is 34.3 Å². The molecule has 0 N–H and O–H groups in total. The largest absolute Gasteiger partial charge is 0.497 e. The van der Waals surface area contributed by atoms with Crippen molar-refractivity contribution in [1.82, 2.24) is 9.78 Å². The van der Waals surface area contributed by atoms with Crippen LogP contribution in [-0.2, 0) is 11.0 Å². The number of benzene rings is 8. The second-order valence-electron chi connectivity index (χ2n) is 18.7. The van der Waals surface area contributed by atoms with Crippen LogP contribution in [-0.4, -0.2) is 45.3 Å². The second-order valence-corrected chi connectivity index (χ2v) is 18.7.